The highest BCUT2D eigenvalue weighted by atomic mass is 16.6. The molecule has 0 aliphatic rings. The molecule has 5 aromatic carbocycles. The Kier molecular flexibility index (Phi) is 13.3. The smallest absolute Gasteiger partial charge is 0.407 e. The molecule has 290 valence electrons. The first-order valence-corrected chi connectivity index (χ1v) is 18.6. The van der Waals surface area contributed by atoms with Gasteiger partial charge in [0.1, 0.15) is 48.7 Å². The molecule has 0 aliphatic carbocycles. The zero-order chi connectivity index (χ0) is 39.3. The van der Waals surface area contributed by atoms with Gasteiger partial charge in [-0.2, -0.15) is 0 Å². The van der Waals surface area contributed by atoms with Crippen LogP contribution in [-0.2, 0) is 29.3 Å². The van der Waals surface area contributed by atoms with Gasteiger partial charge in [0.05, 0.1) is 13.2 Å². The van der Waals surface area contributed by atoms with E-state index in [9.17, 15) is 9.59 Å². The van der Waals surface area contributed by atoms with E-state index in [0.717, 1.165) is 22.3 Å². The molecule has 0 bridgehead atoms. The van der Waals surface area contributed by atoms with Crippen LogP contribution in [0.5, 0.6) is 23.0 Å². The Balaban J connectivity index is 1.31. The molecule has 1 aromatic heterocycles. The third-order valence-corrected chi connectivity index (χ3v) is 8.37. The number of rotatable bonds is 17. The normalized spacial score (nSPS) is 11.2. The third-order valence-electron chi connectivity index (χ3n) is 8.37. The van der Waals surface area contributed by atoms with E-state index in [-0.39, 0.29) is 49.9 Å². The molecular weight excluding hydrogens is 711 g/mol. The topological polar surface area (TPSA) is 115 Å². The van der Waals surface area contributed by atoms with Gasteiger partial charge in [-0.15, -0.1) is 0 Å². The van der Waals surface area contributed by atoms with Gasteiger partial charge in [-0.1, -0.05) is 91.0 Å². The monoisotopic (exact) mass is 757 g/mol. The van der Waals surface area contributed by atoms with E-state index in [1.54, 1.807) is 32.9 Å². The van der Waals surface area contributed by atoms with Crippen LogP contribution in [0.1, 0.15) is 43.0 Å². The van der Waals surface area contributed by atoms with E-state index >= 15 is 0 Å². The number of alkyl carbamates (subject to hydrolysis) is 1. The first-order valence-electron chi connectivity index (χ1n) is 18.6. The summed E-state index contributed by atoms with van der Waals surface area (Å²) in [5, 5.41) is 2.92. The summed E-state index contributed by atoms with van der Waals surface area (Å²) in [5.74, 6) is 1.59. The molecule has 0 spiro atoms. The highest BCUT2D eigenvalue weighted by molar-refractivity contribution is 5.88. The summed E-state index contributed by atoms with van der Waals surface area (Å²) in [7, 11) is 0. The average Bonchev–Trinajstić information content (AvgIpc) is 3.19. The molecule has 1 heterocycles. The molecule has 0 radical (unpaired) electrons. The first kappa shape index (κ1) is 39.4. The Morgan fingerprint density at radius 2 is 1.21 bits per heavy atom. The number of fused-ring (bicyclic) bond motifs is 1. The van der Waals surface area contributed by atoms with Crippen molar-refractivity contribution in [3.63, 3.8) is 0 Å². The maximum Gasteiger partial charge on any atom is 0.407 e. The Labute approximate surface area is 326 Å². The first-order chi connectivity index (χ1) is 27.1. The predicted molar refractivity (Wildman–Crippen MR) is 216 cm³/mol. The van der Waals surface area contributed by atoms with Gasteiger partial charge in [0, 0.05) is 12.1 Å². The molecule has 0 atom stereocenters. The van der Waals surface area contributed by atoms with Crippen LogP contribution in [0, 0.1) is 6.92 Å². The standard InChI is InChI=1S/C46H47NO9/c1-32-26-39(54-31-35-18-12-7-13-19-35)41-40(27-32)55-43(44(42(41)48)51-25-24-50-23-22-47-45(49)56-46(2,3)4)36-20-21-37(52-29-33-14-8-5-9-15-33)38(28-36)53-30-34-16-10-6-11-17-34/h5-21,26-28H,22-25,29-31H2,1-4H3,(H,47,49). The molecule has 1 N–H and O–H groups in total. The molecule has 10 nitrogen and oxygen atoms in total. The van der Waals surface area contributed by atoms with Crippen molar-refractivity contribution in [3.05, 3.63) is 154 Å². The molecule has 0 saturated carbocycles. The van der Waals surface area contributed by atoms with Crippen molar-refractivity contribution < 1.29 is 37.6 Å². The molecule has 6 aromatic rings. The van der Waals surface area contributed by atoms with Gasteiger partial charge in [-0.3, -0.25) is 4.79 Å². The fourth-order valence-corrected chi connectivity index (χ4v) is 5.76. The van der Waals surface area contributed by atoms with Gasteiger partial charge in [-0.25, -0.2) is 4.79 Å². The number of nitrogens with one attached hydrogen (secondary N) is 1. The van der Waals surface area contributed by atoms with Crippen LogP contribution in [0.15, 0.2) is 131 Å². The summed E-state index contributed by atoms with van der Waals surface area (Å²) >= 11 is 0. The average molecular weight is 758 g/mol. The second kappa shape index (κ2) is 18.9. The molecule has 0 unspecified atom stereocenters. The minimum Gasteiger partial charge on any atom is -0.488 e. The number of carbonyl (C=O) groups is 1. The molecule has 6 rings (SSSR count). The van der Waals surface area contributed by atoms with E-state index < -0.39 is 17.1 Å². The number of carbonyl (C=O) groups excluding carboxylic acids is 1. The number of hydrogen-bond donors (Lipinski definition) is 1. The Hall–Kier alpha value is -6.26. The van der Waals surface area contributed by atoms with Crippen LogP contribution in [0.25, 0.3) is 22.3 Å². The van der Waals surface area contributed by atoms with Crippen molar-refractivity contribution in [3.8, 4) is 34.3 Å². The molecule has 0 saturated heterocycles. The minimum absolute atomic E-state index is 0.00615. The van der Waals surface area contributed by atoms with E-state index in [1.807, 2.05) is 116 Å². The zero-order valence-electron chi connectivity index (χ0n) is 32.2. The van der Waals surface area contributed by atoms with Crippen LogP contribution in [0.3, 0.4) is 0 Å². The van der Waals surface area contributed by atoms with Gasteiger partial charge < -0.3 is 38.2 Å². The molecule has 1 amide bonds. The Bertz CT molecular complexity index is 2250. The van der Waals surface area contributed by atoms with E-state index in [2.05, 4.69) is 5.32 Å². The van der Waals surface area contributed by atoms with E-state index in [0.29, 0.717) is 41.6 Å². The van der Waals surface area contributed by atoms with Crippen molar-refractivity contribution in [2.45, 2.75) is 53.1 Å². The van der Waals surface area contributed by atoms with Crippen molar-refractivity contribution in [1.29, 1.82) is 0 Å². The van der Waals surface area contributed by atoms with Crippen LogP contribution >= 0.6 is 0 Å². The minimum atomic E-state index is -0.604. The zero-order valence-corrected chi connectivity index (χ0v) is 32.2. The Morgan fingerprint density at radius 3 is 1.80 bits per heavy atom. The summed E-state index contributed by atoms with van der Waals surface area (Å²) in [6.07, 6.45) is -0.528. The van der Waals surface area contributed by atoms with Crippen molar-refractivity contribution in [1.82, 2.24) is 5.32 Å². The molecule has 10 heteroatoms. The van der Waals surface area contributed by atoms with Crippen LogP contribution in [-0.4, -0.2) is 38.1 Å². The van der Waals surface area contributed by atoms with Gasteiger partial charge >= 0.3 is 6.09 Å². The molecule has 56 heavy (non-hydrogen) atoms. The molecule has 0 aliphatic heterocycles. The fourth-order valence-electron chi connectivity index (χ4n) is 5.76. The lowest BCUT2D eigenvalue weighted by atomic mass is 10.1. The second-order valence-electron chi connectivity index (χ2n) is 14.1. The maximum absolute atomic E-state index is 14.5. The van der Waals surface area contributed by atoms with Gasteiger partial charge in [0.25, 0.3) is 0 Å². The third kappa shape index (κ3) is 11.1. The molecule has 0 fully saturated rings. The molecular formula is C46H47NO9. The fraction of sp³-hybridized carbons (Fsp3) is 0.261. The summed E-state index contributed by atoms with van der Waals surface area (Å²) in [4.78, 5) is 26.5. The SMILES string of the molecule is Cc1cc(OCc2ccccc2)c2c(=O)c(OCCOCCNC(=O)OC(C)(C)C)c(-c3ccc(OCc4ccccc4)c(OCc4ccccc4)c3)oc2c1. The Morgan fingerprint density at radius 1 is 0.643 bits per heavy atom. The number of amides is 1. The van der Waals surface area contributed by atoms with Crippen LogP contribution in [0.4, 0.5) is 4.79 Å². The predicted octanol–water partition coefficient (Wildman–Crippen LogP) is 9.43. The van der Waals surface area contributed by atoms with E-state index in [1.165, 1.54) is 0 Å². The summed E-state index contributed by atoms with van der Waals surface area (Å²) < 4.78 is 42.6. The number of ether oxygens (including phenoxy) is 6. The number of aryl methyl sites for hydroxylation is 1. The van der Waals surface area contributed by atoms with Crippen LogP contribution in [0.2, 0.25) is 0 Å². The van der Waals surface area contributed by atoms with Gasteiger partial charge in [-0.05, 0) is 80.3 Å². The summed E-state index contributed by atoms with van der Waals surface area (Å²) in [6, 6.07) is 38.5. The largest absolute Gasteiger partial charge is 0.488 e. The second-order valence-corrected chi connectivity index (χ2v) is 14.1. The quantitative estimate of drug-likeness (QED) is 0.0909. The van der Waals surface area contributed by atoms with Crippen molar-refractivity contribution >= 4 is 17.1 Å². The number of hydrogen-bond acceptors (Lipinski definition) is 9. The maximum atomic E-state index is 14.5. The lowest BCUT2D eigenvalue weighted by Gasteiger charge is -2.19. The van der Waals surface area contributed by atoms with Gasteiger partial charge in [0.2, 0.25) is 11.2 Å². The van der Waals surface area contributed by atoms with Gasteiger partial charge in [0.15, 0.2) is 17.3 Å². The summed E-state index contributed by atoms with van der Waals surface area (Å²) in [5.41, 5.74) is 3.69. The highest BCUT2D eigenvalue weighted by Gasteiger charge is 2.23. The highest BCUT2D eigenvalue weighted by Crippen LogP contribution is 2.39. The van der Waals surface area contributed by atoms with Crippen molar-refractivity contribution in [2.24, 2.45) is 0 Å². The van der Waals surface area contributed by atoms with Crippen LogP contribution < -0.4 is 29.7 Å². The van der Waals surface area contributed by atoms with Crippen molar-refractivity contribution in [2.75, 3.05) is 26.4 Å². The van der Waals surface area contributed by atoms with E-state index in [4.69, 9.17) is 32.8 Å². The lowest BCUT2D eigenvalue weighted by molar-refractivity contribution is 0.0488. The lowest BCUT2D eigenvalue weighted by Crippen LogP contribution is -2.34. The number of benzene rings is 5. The summed E-state index contributed by atoms with van der Waals surface area (Å²) in [6.45, 7) is 8.80.